The van der Waals surface area contributed by atoms with Gasteiger partial charge in [-0.2, -0.15) is 4.58 Å². The fourth-order valence-corrected chi connectivity index (χ4v) is 7.79. The van der Waals surface area contributed by atoms with Crippen LogP contribution >= 0.6 is 15.9 Å². The van der Waals surface area contributed by atoms with Crippen molar-refractivity contribution >= 4 is 49.5 Å². The second kappa shape index (κ2) is 8.91. The number of nitro groups is 1. The normalized spacial score (nSPS) is 20.7. The monoisotopic (exact) mass is 570 g/mol. The number of rotatable bonds is 3. The van der Waals surface area contributed by atoms with Crippen molar-refractivity contribution in [3.05, 3.63) is 98.2 Å². The molecule has 5 nitrogen and oxygen atoms in total. The van der Waals surface area contributed by atoms with Crippen LogP contribution in [0.4, 0.5) is 17.1 Å². The SMILES string of the molecule is CN1/C(=C\C=C\C2=[N+](C)c3cc(Br)c([N+](=O)[O-])cc3C23CCCCC3)C(C)(C)c2c1ccc1ccccc21. The Kier molecular flexibility index (Phi) is 5.87. The largest absolute Gasteiger partial charge is 0.347 e. The van der Waals surface area contributed by atoms with Crippen LogP contribution < -0.4 is 4.90 Å². The molecule has 1 aliphatic carbocycles. The highest BCUT2D eigenvalue weighted by Gasteiger charge is 2.51. The van der Waals surface area contributed by atoms with Crippen molar-refractivity contribution < 1.29 is 9.50 Å². The third kappa shape index (κ3) is 3.53. The Bertz CT molecular complexity index is 1590. The van der Waals surface area contributed by atoms with Crippen LogP contribution in [0.25, 0.3) is 10.8 Å². The second-order valence-corrected chi connectivity index (χ2v) is 12.3. The van der Waals surface area contributed by atoms with Crippen LogP contribution in [0.15, 0.2) is 76.9 Å². The van der Waals surface area contributed by atoms with Gasteiger partial charge in [0.2, 0.25) is 5.69 Å². The van der Waals surface area contributed by atoms with Crippen molar-refractivity contribution in [1.29, 1.82) is 0 Å². The molecule has 0 saturated heterocycles. The molecule has 1 spiro atoms. The predicted octanol–water partition coefficient (Wildman–Crippen LogP) is 8.31. The molecule has 1 fully saturated rings. The van der Waals surface area contributed by atoms with Gasteiger partial charge in [0, 0.05) is 47.6 Å². The molecule has 3 aromatic rings. The van der Waals surface area contributed by atoms with Crippen LogP contribution in [-0.4, -0.2) is 29.3 Å². The first-order valence-electron chi connectivity index (χ1n) is 13.4. The van der Waals surface area contributed by atoms with Crippen LogP contribution in [-0.2, 0) is 10.8 Å². The van der Waals surface area contributed by atoms with E-state index in [-0.39, 0.29) is 21.4 Å². The molecule has 0 aromatic heterocycles. The Morgan fingerprint density at radius 2 is 1.82 bits per heavy atom. The molecule has 1 saturated carbocycles. The number of hydrogen-bond acceptors (Lipinski definition) is 3. The van der Waals surface area contributed by atoms with Crippen LogP contribution in [0.1, 0.15) is 57.1 Å². The molecule has 6 heteroatoms. The number of hydrogen-bond donors (Lipinski definition) is 0. The zero-order chi connectivity index (χ0) is 26.8. The van der Waals surface area contributed by atoms with Gasteiger partial charge in [-0.15, -0.1) is 0 Å². The molecule has 2 heterocycles. The van der Waals surface area contributed by atoms with Crippen molar-refractivity contribution in [3.8, 4) is 0 Å². The maximum atomic E-state index is 11.8. The highest BCUT2D eigenvalue weighted by atomic mass is 79.9. The zero-order valence-electron chi connectivity index (χ0n) is 22.4. The van der Waals surface area contributed by atoms with Crippen molar-refractivity contribution in [2.45, 2.75) is 56.8 Å². The summed E-state index contributed by atoms with van der Waals surface area (Å²) in [6, 6.07) is 16.8. The lowest BCUT2D eigenvalue weighted by molar-refractivity contribution is -0.402. The number of fused-ring (bicyclic) bond motifs is 5. The first-order chi connectivity index (χ1) is 18.2. The smallest absolute Gasteiger partial charge is 0.284 e. The summed E-state index contributed by atoms with van der Waals surface area (Å²) in [4.78, 5) is 13.8. The number of likely N-dealkylation sites (N-methyl/N-ethyl adjacent to an activating group) is 1. The highest BCUT2D eigenvalue weighted by molar-refractivity contribution is 9.10. The van der Waals surface area contributed by atoms with Gasteiger partial charge in [0.05, 0.1) is 10.3 Å². The molecule has 38 heavy (non-hydrogen) atoms. The van der Waals surface area contributed by atoms with E-state index in [2.05, 4.69) is 108 Å². The van der Waals surface area contributed by atoms with E-state index in [0.29, 0.717) is 4.47 Å². The topological polar surface area (TPSA) is 49.4 Å². The van der Waals surface area contributed by atoms with Crippen molar-refractivity contribution in [2.24, 2.45) is 0 Å². The predicted molar refractivity (Wildman–Crippen MR) is 159 cm³/mol. The lowest BCUT2D eigenvalue weighted by Crippen LogP contribution is -2.36. The molecule has 194 valence electrons. The molecule has 0 N–H and O–H groups in total. The minimum absolute atomic E-state index is 0.140. The molecule has 0 unspecified atom stereocenters. The van der Waals surface area contributed by atoms with Crippen molar-refractivity contribution in [2.75, 3.05) is 19.0 Å². The standard InChI is InChI=1S/C32H33BrN3O2/c1-31(2)28(34(3)25-16-15-21-11-6-7-12-22(21)30(25)31)13-10-14-29-32(17-8-5-9-18-32)23-19-27(36(37)38)24(33)20-26(23)35(29)4/h6-7,10-16,19-20H,5,8-9,17-18H2,1-4H3/q+1. The summed E-state index contributed by atoms with van der Waals surface area (Å²) >= 11 is 3.45. The number of halogens is 1. The Morgan fingerprint density at radius 1 is 1.08 bits per heavy atom. The quantitative estimate of drug-likeness (QED) is 0.181. The molecule has 0 bridgehead atoms. The summed E-state index contributed by atoms with van der Waals surface area (Å²) in [6.45, 7) is 4.62. The van der Waals surface area contributed by atoms with Gasteiger partial charge >= 0.3 is 0 Å². The third-order valence-corrected chi connectivity index (χ3v) is 9.74. The van der Waals surface area contributed by atoms with E-state index in [1.807, 2.05) is 12.1 Å². The Labute approximate surface area is 232 Å². The van der Waals surface area contributed by atoms with Gasteiger partial charge in [0.25, 0.3) is 5.69 Å². The Morgan fingerprint density at radius 3 is 2.55 bits per heavy atom. The fraction of sp³-hybridized carbons (Fsp3) is 0.344. The molecule has 0 amide bonds. The van der Waals surface area contributed by atoms with Crippen molar-refractivity contribution in [1.82, 2.24) is 0 Å². The summed E-state index contributed by atoms with van der Waals surface area (Å²) < 4.78 is 2.78. The summed E-state index contributed by atoms with van der Waals surface area (Å²) in [7, 11) is 4.26. The maximum absolute atomic E-state index is 11.8. The highest BCUT2D eigenvalue weighted by Crippen LogP contribution is 2.52. The molecule has 0 radical (unpaired) electrons. The van der Waals surface area contributed by atoms with Gasteiger partial charge in [-0.25, -0.2) is 0 Å². The van der Waals surface area contributed by atoms with Gasteiger partial charge in [-0.05, 0) is 57.2 Å². The number of benzene rings is 3. The van der Waals surface area contributed by atoms with E-state index in [1.54, 1.807) is 0 Å². The minimum atomic E-state index is -0.279. The van der Waals surface area contributed by atoms with E-state index >= 15 is 0 Å². The van der Waals surface area contributed by atoms with Crippen LogP contribution in [0.2, 0.25) is 0 Å². The van der Waals surface area contributed by atoms with E-state index in [9.17, 15) is 10.1 Å². The average molecular weight is 572 g/mol. The molecule has 2 aliphatic heterocycles. The summed E-state index contributed by atoms with van der Waals surface area (Å²) in [5.74, 6) is 0. The molecule has 3 aromatic carbocycles. The first-order valence-corrected chi connectivity index (χ1v) is 14.2. The summed E-state index contributed by atoms with van der Waals surface area (Å²) in [6.07, 6.45) is 12.2. The van der Waals surface area contributed by atoms with Crippen LogP contribution in [0, 0.1) is 10.1 Å². The Balaban J connectivity index is 1.43. The van der Waals surface area contributed by atoms with Gasteiger partial charge < -0.3 is 4.90 Å². The zero-order valence-corrected chi connectivity index (χ0v) is 24.0. The van der Waals surface area contributed by atoms with Gasteiger partial charge in [-0.3, -0.25) is 10.1 Å². The van der Waals surface area contributed by atoms with Crippen LogP contribution in [0.3, 0.4) is 0 Å². The molecule has 3 aliphatic rings. The number of nitrogens with zero attached hydrogens (tertiary/aromatic N) is 3. The lowest BCUT2D eigenvalue weighted by Gasteiger charge is -2.31. The fourth-order valence-electron chi connectivity index (χ4n) is 7.32. The molecule has 0 atom stereocenters. The molecule has 6 rings (SSSR count). The van der Waals surface area contributed by atoms with E-state index in [4.69, 9.17) is 0 Å². The molecular weight excluding hydrogens is 538 g/mol. The second-order valence-electron chi connectivity index (χ2n) is 11.4. The van der Waals surface area contributed by atoms with E-state index in [1.165, 1.54) is 39.9 Å². The van der Waals surface area contributed by atoms with E-state index < -0.39 is 0 Å². The molecular formula is C32H33BrN3O2+. The lowest BCUT2D eigenvalue weighted by atomic mass is 9.67. The van der Waals surface area contributed by atoms with Gasteiger partial charge in [0.15, 0.2) is 5.71 Å². The summed E-state index contributed by atoms with van der Waals surface area (Å²) in [5.41, 5.74) is 7.11. The first kappa shape index (κ1) is 25.1. The minimum Gasteiger partial charge on any atom is -0.347 e. The number of nitro benzene ring substituents is 1. The van der Waals surface area contributed by atoms with E-state index in [0.717, 1.165) is 36.9 Å². The maximum Gasteiger partial charge on any atom is 0.284 e. The Hall–Kier alpha value is -3.25. The van der Waals surface area contributed by atoms with Crippen LogP contribution in [0.5, 0.6) is 0 Å². The van der Waals surface area contributed by atoms with Gasteiger partial charge in [-0.1, -0.05) is 69.5 Å². The van der Waals surface area contributed by atoms with Crippen molar-refractivity contribution in [3.63, 3.8) is 0 Å². The van der Waals surface area contributed by atoms with Gasteiger partial charge in [0.1, 0.15) is 11.5 Å². The average Bonchev–Trinajstić information content (AvgIpc) is 3.23. The summed E-state index contributed by atoms with van der Waals surface area (Å²) in [5, 5.41) is 14.3. The number of allylic oxidation sites excluding steroid dienone is 4. The number of anilines is 1. The third-order valence-electron chi connectivity index (χ3n) is 9.10.